The fraction of sp³-hybridized carbons (Fsp3) is 0.538. The molecule has 88 valence electrons. The summed E-state index contributed by atoms with van der Waals surface area (Å²) in [5, 5.41) is 3.52. The van der Waals surface area contributed by atoms with Gasteiger partial charge in [0, 0.05) is 19.7 Å². The molecule has 1 aliphatic rings. The Bertz CT molecular complexity index is 323. The first-order chi connectivity index (χ1) is 7.83. The van der Waals surface area contributed by atoms with Crippen LogP contribution in [0.5, 0.6) is 5.75 Å². The third kappa shape index (κ3) is 2.54. The highest BCUT2D eigenvalue weighted by Gasteiger charge is 2.24. The predicted molar refractivity (Wildman–Crippen MR) is 63.7 cm³/mol. The fourth-order valence-electron chi connectivity index (χ4n) is 2.26. The molecule has 0 bridgehead atoms. The third-order valence-corrected chi connectivity index (χ3v) is 3.14. The molecule has 1 aromatic rings. The van der Waals surface area contributed by atoms with Gasteiger partial charge in [0.15, 0.2) is 0 Å². The van der Waals surface area contributed by atoms with Crippen LogP contribution in [-0.2, 0) is 4.74 Å². The third-order valence-electron chi connectivity index (χ3n) is 3.14. The zero-order chi connectivity index (χ0) is 11.4. The minimum atomic E-state index is 0.464. The van der Waals surface area contributed by atoms with Gasteiger partial charge in [0.1, 0.15) is 5.75 Å². The van der Waals surface area contributed by atoms with Crippen LogP contribution in [-0.4, -0.2) is 27.4 Å². The number of hydrogen-bond acceptors (Lipinski definition) is 3. The number of nitrogens with one attached hydrogen (secondary N) is 1. The van der Waals surface area contributed by atoms with Gasteiger partial charge in [0.25, 0.3) is 0 Å². The van der Waals surface area contributed by atoms with Crippen LogP contribution in [0, 0.1) is 5.92 Å². The second-order valence-electron chi connectivity index (χ2n) is 4.29. The molecular weight excluding hydrogens is 202 g/mol. The first-order valence-electron chi connectivity index (χ1n) is 5.69. The summed E-state index contributed by atoms with van der Waals surface area (Å²) in [7, 11) is 3.46. The van der Waals surface area contributed by atoms with E-state index in [0.717, 1.165) is 25.3 Å². The summed E-state index contributed by atoms with van der Waals surface area (Å²) in [5.74, 6) is 1.55. The number of hydrogen-bond donors (Lipinski definition) is 1. The number of rotatable bonds is 4. The lowest BCUT2D eigenvalue weighted by Gasteiger charge is -2.11. The number of benzene rings is 1. The lowest BCUT2D eigenvalue weighted by molar-refractivity contribution is 0.159. The summed E-state index contributed by atoms with van der Waals surface area (Å²) in [5.41, 5.74) is 1.33. The summed E-state index contributed by atoms with van der Waals surface area (Å²) in [6.45, 7) is 1.89. The van der Waals surface area contributed by atoms with Crippen LogP contribution < -0.4 is 10.1 Å². The molecule has 2 atom stereocenters. The molecular formula is C13H19NO2. The zero-order valence-electron chi connectivity index (χ0n) is 9.90. The van der Waals surface area contributed by atoms with Gasteiger partial charge in [-0.2, -0.15) is 0 Å². The van der Waals surface area contributed by atoms with Gasteiger partial charge >= 0.3 is 0 Å². The van der Waals surface area contributed by atoms with Crippen LogP contribution in [0.15, 0.2) is 24.3 Å². The highest BCUT2D eigenvalue weighted by Crippen LogP contribution is 2.28. The standard InChI is InChI=1S/C13H19NO2/c1-15-9-10-7-13(14-8-10)11-3-5-12(16-2)6-4-11/h3-6,10,13-14H,7-9H2,1-2H3. The van der Waals surface area contributed by atoms with E-state index < -0.39 is 0 Å². The smallest absolute Gasteiger partial charge is 0.118 e. The minimum absolute atomic E-state index is 0.464. The van der Waals surface area contributed by atoms with Crippen molar-refractivity contribution in [2.75, 3.05) is 27.4 Å². The molecule has 0 aliphatic carbocycles. The maximum absolute atomic E-state index is 5.19. The molecule has 1 N–H and O–H groups in total. The van der Waals surface area contributed by atoms with E-state index in [2.05, 4.69) is 17.4 Å². The van der Waals surface area contributed by atoms with Crippen molar-refractivity contribution in [2.24, 2.45) is 5.92 Å². The SMILES string of the molecule is COCC1CNC(c2ccc(OC)cc2)C1. The largest absolute Gasteiger partial charge is 0.497 e. The number of methoxy groups -OCH3 is 2. The molecule has 16 heavy (non-hydrogen) atoms. The summed E-state index contributed by atoms with van der Waals surface area (Å²) in [4.78, 5) is 0. The van der Waals surface area contributed by atoms with Gasteiger partial charge in [-0.1, -0.05) is 12.1 Å². The van der Waals surface area contributed by atoms with Crippen molar-refractivity contribution < 1.29 is 9.47 Å². The van der Waals surface area contributed by atoms with Gasteiger partial charge in [-0.05, 0) is 30.0 Å². The lowest BCUT2D eigenvalue weighted by Crippen LogP contribution is -2.14. The van der Waals surface area contributed by atoms with E-state index >= 15 is 0 Å². The van der Waals surface area contributed by atoms with Crippen LogP contribution in [0.25, 0.3) is 0 Å². The Morgan fingerprint density at radius 1 is 1.25 bits per heavy atom. The van der Waals surface area contributed by atoms with E-state index in [4.69, 9.17) is 9.47 Å². The lowest BCUT2D eigenvalue weighted by atomic mass is 10.0. The van der Waals surface area contributed by atoms with Gasteiger partial charge in [0.2, 0.25) is 0 Å². The molecule has 1 fully saturated rings. The Labute approximate surface area is 96.8 Å². The highest BCUT2D eigenvalue weighted by molar-refractivity contribution is 5.29. The molecule has 0 amide bonds. The van der Waals surface area contributed by atoms with Crippen molar-refractivity contribution >= 4 is 0 Å². The molecule has 3 heteroatoms. The molecule has 0 radical (unpaired) electrons. The van der Waals surface area contributed by atoms with Crippen LogP contribution in [0.2, 0.25) is 0 Å². The van der Waals surface area contributed by atoms with Crippen molar-refractivity contribution in [3.05, 3.63) is 29.8 Å². The maximum Gasteiger partial charge on any atom is 0.118 e. The Morgan fingerprint density at radius 2 is 2.00 bits per heavy atom. The van der Waals surface area contributed by atoms with Crippen molar-refractivity contribution in [2.45, 2.75) is 12.5 Å². The molecule has 0 aromatic heterocycles. The molecule has 1 saturated heterocycles. The van der Waals surface area contributed by atoms with Crippen molar-refractivity contribution in [1.29, 1.82) is 0 Å². The second-order valence-corrected chi connectivity index (χ2v) is 4.29. The second kappa shape index (κ2) is 5.32. The molecule has 1 aliphatic heterocycles. The van der Waals surface area contributed by atoms with Gasteiger partial charge in [-0.25, -0.2) is 0 Å². The fourth-order valence-corrected chi connectivity index (χ4v) is 2.26. The quantitative estimate of drug-likeness (QED) is 0.843. The zero-order valence-corrected chi connectivity index (χ0v) is 9.90. The van der Waals surface area contributed by atoms with E-state index in [-0.39, 0.29) is 0 Å². The summed E-state index contributed by atoms with van der Waals surface area (Å²) >= 11 is 0. The molecule has 3 nitrogen and oxygen atoms in total. The predicted octanol–water partition coefficient (Wildman–Crippen LogP) is 1.99. The van der Waals surface area contributed by atoms with E-state index in [9.17, 15) is 0 Å². The average molecular weight is 221 g/mol. The van der Waals surface area contributed by atoms with Crippen molar-refractivity contribution in [3.63, 3.8) is 0 Å². The summed E-state index contributed by atoms with van der Waals surface area (Å²) < 4.78 is 10.3. The highest BCUT2D eigenvalue weighted by atomic mass is 16.5. The molecule has 0 saturated carbocycles. The number of ether oxygens (including phenoxy) is 2. The Kier molecular flexibility index (Phi) is 3.80. The summed E-state index contributed by atoms with van der Waals surface area (Å²) in [6, 6.07) is 8.75. The minimum Gasteiger partial charge on any atom is -0.497 e. The van der Waals surface area contributed by atoms with Crippen molar-refractivity contribution in [3.8, 4) is 5.75 Å². The van der Waals surface area contributed by atoms with E-state index in [1.165, 1.54) is 5.56 Å². The van der Waals surface area contributed by atoms with Gasteiger partial charge in [-0.3, -0.25) is 0 Å². The van der Waals surface area contributed by atoms with E-state index in [0.29, 0.717) is 12.0 Å². The molecule has 0 spiro atoms. The molecule has 1 heterocycles. The van der Waals surface area contributed by atoms with Gasteiger partial charge < -0.3 is 14.8 Å². The normalized spacial score (nSPS) is 24.6. The molecule has 2 rings (SSSR count). The Hall–Kier alpha value is -1.06. The molecule has 1 aromatic carbocycles. The van der Waals surface area contributed by atoms with Gasteiger partial charge in [0.05, 0.1) is 13.7 Å². The average Bonchev–Trinajstić information content (AvgIpc) is 2.78. The van der Waals surface area contributed by atoms with Crippen molar-refractivity contribution in [1.82, 2.24) is 5.32 Å². The van der Waals surface area contributed by atoms with Crippen LogP contribution in [0.3, 0.4) is 0 Å². The van der Waals surface area contributed by atoms with E-state index in [1.54, 1.807) is 14.2 Å². The monoisotopic (exact) mass is 221 g/mol. The topological polar surface area (TPSA) is 30.5 Å². The van der Waals surface area contributed by atoms with E-state index in [1.807, 2.05) is 12.1 Å². The first kappa shape index (κ1) is 11.4. The maximum atomic E-state index is 5.19. The Morgan fingerprint density at radius 3 is 2.62 bits per heavy atom. The van der Waals surface area contributed by atoms with Crippen LogP contribution >= 0.6 is 0 Å². The van der Waals surface area contributed by atoms with Gasteiger partial charge in [-0.15, -0.1) is 0 Å². The van der Waals surface area contributed by atoms with Crippen LogP contribution in [0.1, 0.15) is 18.0 Å². The Balaban J connectivity index is 1.97. The van der Waals surface area contributed by atoms with Crippen LogP contribution in [0.4, 0.5) is 0 Å². The molecule has 2 unspecified atom stereocenters. The summed E-state index contributed by atoms with van der Waals surface area (Å²) in [6.07, 6.45) is 1.15. The first-order valence-corrected chi connectivity index (χ1v) is 5.69.